The van der Waals surface area contributed by atoms with E-state index < -0.39 is 6.04 Å². The van der Waals surface area contributed by atoms with Crippen LogP contribution in [0.25, 0.3) is 0 Å². The van der Waals surface area contributed by atoms with Gasteiger partial charge in [0.1, 0.15) is 11.8 Å². The lowest BCUT2D eigenvalue weighted by Gasteiger charge is -2.08. The summed E-state index contributed by atoms with van der Waals surface area (Å²) in [4.78, 5) is 3.81. The Morgan fingerprint density at radius 3 is 3.08 bits per heavy atom. The van der Waals surface area contributed by atoms with Gasteiger partial charge < -0.3 is 10.8 Å². The first-order valence-corrected chi connectivity index (χ1v) is 3.51. The van der Waals surface area contributed by atoms with Crippen LogP contribution in [0.1, 0.15) is 17.3 Å². The topological polar surface area (TPSA) is 82.9 Å². The summed E-state index contributed by atoms with van der Waals surface area (Å²) in [5.74, 6) is 0. The summed E-state index contributed by atoms with van der Waals surface area (Å²) in [5.41, 5.74) is 6.39. The van der Waals surface area contributed by atoms with Gasteiger partial charge in [0.05, 0.1) is 12.6 Å². The molecule has 0 aliphatic carbocycles. The summed E-state index contributed by atoms with van der Waals surface area (Å²) in [6, 6.07) is 4.76. The highest BCUT2D eigenvalue weighted by atomic mass is 16.3. The number of nitrogens with zero attached hydrogens (tertiary/aromatic N) is 2. The number of nitriles is 1. The van der Waals surface area contributed by atoms with Gasteiger partial charge in [0, 0.05) is 11.8 Å². The van der Waals surface area contributed by atoms with E-state index in [4.69, 9.17) is 16.1 Å². The number of aliphatic hydroxyl groups excluding tert-OH is 1. The SMILES string of the molecule is N#Cc1ncccc1[C@H](N)CO. The molecule has 1 rings (SSSR count). The average Bonchev–Trinajstić information content (AvgIpc) is 2.16. The van der Waals surface area contributed by atoms with E-state index in [9.17, 15) is 0 Å². The van der Waals surface area contributed by atoms with E-state index in [-0.39, 0.29) is 12.3 Å². The van der Waals surface area contributed by atoms with Crippen LogP contribution in [-0.4, -0.2) is 16.7 Å². The molecule has 12 heavy (non-hydrogen) atoms. The largest absolute Gasteiger partial charge is 0.394 e. The molecule has 0 spiro atoms. The Hall–Kier alpha value is -1.44. The average molecular weight is 163 g/mol. The lowest BCUT2D eigenvalue weighted by Crippen LogP contribution is -2.16. The van der Waals surface area contributed by atoms with Crippen LogP contribution in [0.2, 0.25) is 0 Å². The zero-order valence-corrected chi connectivity index (χ0v) is 6.44. The molecule has 0 radical (unpaired) electrons. The first-order valence-electron chi connectivity index (χ1n) is 3.51. The Morgan fingerprint density at radius 1 is 1.75 bits per heavy atom. The van der Waals surface area contributed by atoms with Crippen molar-refractivity contribution in [1.29, 1.82) is 5.26 Å². The molecule has 0 amide bonds. The minimum absolute atomic E-state index is 0.180. The van der Waals surface area contributed by atoms with E-state index >= 15 is 0 Å². The number of nitrogens with two attached hydrogens (primary N) is 1. The van der Waals surface area contributed by atoms with Gasteiger partial charge in [-0.2, -0.15) is 5.26 Å². The molecule has 0 bridgehead atoms. The normalized spacial score (nSPS) is 12.1. The molecule has 0 unspecified atom stereocenters. The van der Waals surface area contributed by atoms with Gasteiger partial charge in [0.25, 0.3) is 0 Å². The number of rotatable bonds is 2. The van der Waals surface area contributed by atoms with E-state index in [0.29, 0.717) is 5.56 Å². The molecule has 0 saturated heterocycles. The van der Waals surface area contributed by atoms with Crippen LogP contribution in [0.3, 0.4) is 0 Å². The van der Waals surface area contributed by atoms with Gasteiger partial charge >= 0.3 is 0 Å². The molecular weight excluding hydrogens is 154 g/mol. The monoisotopic (exact) mass is 163 g/mol. The van der Waals surface area contributed by atoms with Crippen molar-refractivity contribution in [3.8, 4) is 6.07 Å². The maximum atomic E-state index is 8.75. The number of aliphatic hydroxyl groups is 1. The van der Waals surface area contributed by atoms with Crippen molar-refractivity contribution < 1.29 is 5.11 Å². The smallest absolute Gasteiger partial charge is 0.145 e. The molecule has 1 heterocycles. The van der Waals surface area contributed by atoms with Gasteiger partial charge in [-0.3, -0.25) is 0 Å². The molecular formula is C8H9N3O. The maximum absolute atomic E-state index is 8.75. The van der Waals surface area contributed by atoms with Crippen LogP contribution in [0, 0.1) is 11.3 Å². The van der Waals surface area contributed by atoms with Gasteiger partial charge in [-0.05, 0) is 6.07 Å². The lowest BCUT2D eigenvalue weighted by molar-refractivity contribution is 0.267. The van der Waals surface area contributed by atoms with Gasteiger partial charge in [-0.15, -0.1) is 0 Å². The summed E-state index contributed by atoms with van der Waals surface area (Å²) in [6.45, 7) is -0.180. The predicted octanol–water partition coefficient (Wildman–Crippen LogP) is -0.0546. The van der Waals surface area contributed by atoms with Gasteiger partial charge in [0.15, 0.2) is 0 Å². The molecule has 0 aliphatic heterocycles. The van der Waals surface area contributed by atoms with E-state index in [1.54, 1.807) is 12.1 Å². The molecule has 0 saturated carbocycles. The van der Waals surface area contributed by atoms with Crippen LogP contribution < -0.4 is 5.73 Å². The third-order valence-corrected chi connectivity index (χ3v) is 1.54. The van der Waals surface area contributed by atoms with Gasteiger partial charge in [-0.25, -0.2) is 4.98 Å². The third-order valence-electron chi connectivity index (χ3n) is 1.54. The van der Waals surface area contributed by atoms with Crippen LogP contribution in [0.4, 0.5) is 0 Å². The van der Waals surface area contributed by atoms with Crippen LogP contribution in [0.5, 0.6) is 0 Å². The van der Waals surface area contributed by atoms with Crippen LogP contribution >= 0.6 is 0 Å². The molecule has 1 aromatic rings. The van der Waals surface area contributed by atoms with Gasteiger partial charge in [-0.1, -0.05) is 6.07 Å². The first kappa shape index (κ1) is 8.65. The summed E-state index contributed by atoms with van der Waals surface area (Å²) in [7, 11) is 0. The molecule has 4 nitrogen and oxygen atoms in total. The summed E-state index contributed by atoms with van der Waals surface area (Å²) >= 11 is 0. The standard InChI is InChI=1S/C8H9N3O/c9-4-8-6(7(10)5-12)2-1-3-11-8/h1-3,7,12H,5,10H2/t7-/m1/s1. The fourth-order valence-electron chi connectivity index (χ4n) is 0.909. The zero-order valence-electron chi connectivity index (χ0n) is 6.44. The summed E-state index contributed by atoms with van der Waals surface area (Å²) in [5, 5.41) is 17.4. The van der Waals surface area contributed by atoms with Crippen molar-refractivity contribution in [3.63, 3.8) is 0 Å². The Morgan fingerprint density at radius 2 is 2.50 bits per heavy atom. The van der Waals surface area contributed by atoms with Crippen molar-refractivity contribution in [1.82, 2.24) is 4.98 Å². The second-order valence-corrected chi connectivity index (χ2v) is 2.34. The van der Waals surface area contributed by atoms with Crippen molar-refractivity contribution in [2.75, 3.05) is 6.61 Å². The molecule has 1 aromatic heterocycles. The molecule has 4 heteroatoms. The second kappa shape index (κ2) is 3.81. The van der Waals surface area contributed by atoms with E-state index in [1.165, 1.54) is 6.20 Å². The number of hydrogen-bond donors (Lipinski definition) is 2. The van der Waals surface area contributed by atoms with Crippen molar-refractivity contribution in [2.24, 2.45) is 5.73 Å². The fourth-order valence-corrected chi connectivity index (χ4v) is 0.909. The number of hydrogen-bond acceptors (Lipinski definition) is 4. The van der Waals surface area contributed by atoms with Crippen LogP contribution in [0.15, 0.2) is 18.3 Å². The highest BCUT2D eigenvalue weighted by Crippen LogP contribution is 2.11. The molecule has 62 valence electrons. The Bertz CT molecular complexity index is 305. The third kappa shape index (κ3) is 1.59. The summed E-state index contributed by atoms with van der Waals surface area (Å²) < 4.78 is 0. The van der Waals surface area contributed by atoms with Crippen LogP contribution in [-0.2, 0) is 0 Å². The highest BCUT2D eigenvalue weighted by Gasteiger charge is 2.09. The lowest BCUT2D eigenvalue weighted by atomic mass is 10.1. The highest BCUT2D eigenvalue weighted by molar-refractivity contribution is 5.32. The molecule has 3 N–H and O–H groups in total. The fraction of sp³-hybridized carbons (Fsp3) is 0.250. The summed E-state index contributed by atoms with van der Waals surface area (Å²) in [6.07, 6.45) is 1.52. The van der Waals surface area contributed by atoms with Crippen molar-refractivity contribution in [3.05, 3.63) is 29.6 Å². The Labute approximate surface area is 70.3 Å². The molecule has 0 fully saturated rings. The second-order valence-electron chi connectivity index (χ2n) is 2.34. The van der Waals surface area contributed by atoms with E-state index in [0.717, 1.165) is 0 Å². The molecule has 0 aliphatic rings. The maximum Gasteiger partial charge on any atom is 0.145 e. The number of pyridine rings is 1. The minimum atomic E-state index is -0.520. The van der Waals surface area contributed by atoms with Crippen molar-refractivity contribution in [2.45, 2.75) is 6.04 Å². The van der Waals surface area contributed by atoms with E-state index in [1.807, 2.05) is 6.07 Å². The molecule has 0 aromatic carbocycles. The van der Waals surface area contributed by atoms with Crippen molar-refractivity contribution >= 4 is 0 Å². The zero-order chi connectivity index (χ0) is 8.97. The van der Waals surface area contributed by atoms with Gasteiger partial charge in [0.2, 0.25) is 0 Å². The van der Waals surface area contributed by atoms with E-state index in [2.05, 4.69) is 4.98 Å². The predicted molar refractivity (Wildman–Crippen MR) is 43.0 cm³/mol. The quantitative estimate of drug-likeness (QED) is 0.640. The molecule has 1 atom stereocenters. The Balaban J connectivity index is 3.07. The Kier molecular flexibility index (Phi) is 2.75. The first-order chi connectivity index (χ1) is 5.79. The number of aromatic nitrogens is 1. The minimum Gasteiger partial charge on any atom is -0.394 e.